The Morgan fingerprint density at radius 1 is 1.25 bits per heavy atom. The summed E-state index contributed by atoms with van der Waals surface area (Å²) in [6.45, 7) is 9.57. The lowest BCUT2D eigenvalue weighted by Gasteiger charge is -2.31. The molecular formula is C26H26O6. The van der Waals surface area contributed by atoms with Crippen LogP contribution in [0.4, 0.5) is 0 Å². The fraction of sp³-hybridized carbons (Fsp3) is 0.269. The van der Waals surface area contributed by atoms with Gasteiger partial charge in [0.05, 0.1) is 18.6 Å². The van der Waals surface area contributed by atoms with Crippen molar-refractivity contribution in [1.82, 2.24) is 0 Å². The number of hydrogen-bond donors (Lipinski definition) is 2. The molecule has 0 radical (unpaired) electrons. The summed E-state index contributed by atoms with van der Waals surface area (Å²) in [6, 6.07) is 4.92. The molecule has 0 bridgehead atoms. The first kappa shape index (κ1) is 21.6. The largest absolute Gasteiger partial charge is 0.506 e. The third-order valence-electron chi connectivity index (χ3n) is 5.53. The summed E-state index contributed by atoms with van der Waals surface area (Å²) >= 11 is 0. The van der Waals surface area contributed by atoms with Crippen molar-refractivity contribution in [2.24, 2.45) is 0 Å². The molecule has 0 spiro atoms. The van der Waals surface area contributed by atoms with E-state index in [2.05, 4.69) is 6.58 Å². The summed E-state index contributed by atoms with van der Waals surface area (Å²) < 4.78 is 17.1. The van der Waals surface area contributed by atoms with Crippen molar-refractivity contribution in [3.63, 3.8) is 0 Å². The average molecular weight is 434 g/mol. The quantitative estimate of drug-likeness (QED) is 0.640. The van der Waals surface area contributed by atoms with E-state index in [0.29, 0.717) is 28.2 Å². The van der Waals surface area contributed by atoms with Gasteiger partial charge in [-0.25, -0.2) is 0 Å². The van der Waals surface area contributed by atoms with E-state index in [-0.39, 0.29) is 35.2 Å². The van der Waals surface area contributed by atoms with Crippen LogP contribution in [0.1, 0.15) is 53.7 Å². The topological polar surface area (TPSA) is 85.2 Å². The number of benzene rings is 2. The van der Waals surface area contributed by atoms with E-state index in [1.165, 1.54) is 13.2 Å². The molecule has 0 fully saturated rings. The Morgan fingerprint density at radius 2 is 2.00 bits per heavy atom. The number of fused-ring (bicyclic) bond motifs is 2. The van der Waals surface area contributed by atoms with Gasteiger partial charge in [-0.2, -0.15) is 0 Å². The molecule has 1 atom stereocenters. The van der Waals surface area contributed by atoms with Crippen molar-refractivity contribution in [1.29, 1.82) is 0 Å². The van der Waals surface area contributed by atoms with Crippen LogP contribution < -0.4 is 14.2 Å². The molecule has 2 aliphatic rings. The van der Waals surface area contributed by atoms with Crippen molar-refractivity contribution >= 4 is 17.9 Å². The van der Waals surface area contributed by atoms with Crippen LogP contribution in [0.25, 0.3) is 12.2 Å². The molecule has 6 heteroatoms. The number of carbonyl (C=O) groups is 1. The van der Waals surface area contributed by atoms with Crippen molar-refractivity contribution < 1.29 is 29.2 Å². The van der Waals surface area contributed by atoms with Crippen molar-refractivity contribution in [2.75, 3.05) is 13.7 Å². The second-order valence-corrected chi connectivity index (χ2v) is 8.62. The first-order valence-electron chi connectivity index (χ1n) is 10.3. The summed E-state index contributed by atoms with van der Waals surface area (Å²) in [5, 5.41) is 21.4. The maximum Gasteiger partial charge on any atom is 0.181 e. The molecule has 0 amide bonds. The van der Waals surface area contributed by atoms with Crippen molar-refractivity contribution in [2.45, 2.75) is 32.3 Å². The van der Waals surface area contributed by atoms with Gasteiger partial charge in [-0.3, -0.25) is 4.79 Å². The average Bonchev–Trinajstić information content (AvgIpc) is 2.71. The van der Waals surface area contributed by atoms with Gasteiger partial charge < -0.3 is 24.4 Å². The smallest absolute Gasteiger partial charge is 0.181 e. The maximum absolute atomic E-state index is 13.4. The Bertz CT molecular complexity index is 1190. The monoisotopic (exact) mass is 434 g/mol. The zero-order valence-electron chi connectivity index (χ0n) is 18.6. The molecule has 1 unspecified atom stereocenters. The Hall–Kier alpha value is -3.67. The number of Topliss-reactive ketones (excluding diaryl/α,β-unsaturated/α-hetero) is 1. The van der Waals surface area contributed by atoms with Gasteiger partial charge in [-0.05, 0) is 50.6 Å². The van der Waals surface area contributed by atoms with E-state index in [9.17, 15) is 15.0 Å². The van der Waals surface area contributed by atoms with E-state index in [4.69, 9.17) is 14.2 Å². The highest BCUT2D eigenvalue weighted by molar-refractivity contribution is 6.07. The number of methoxy groups -OCH3 is 1. The van der Waals surface area contributed by atoms with E-state index in [1.54, 1.807) is 30.4 Å². The molecule has 0 aromatic heterocycles. The second-order valence-electron chi connectivity index (χ2n) is 8.62. The third-order valence-corrected chi connectivity index (χ3v) is 5.53. The van der Waals surface area contributed by atoms with Crippen LogP contribution in [0, 0.1) is 0 Å². The number of allylic oxidation sites excluding steroid dienone is 2. The van der Waals surface area contributed by atoms with Gasteiger partial charge in [0.15, 0.2) is 17.3 Å². The number of ketones is 1. The SMILES string of the molecule is C=C(C)/C=C/c1cc(C2COc3cc4c(c(O)c3C2=O)C=CC(C)(C)O4)cc(O)c1OC. The standard InChI is InChI=1S/C26H26O6/c1-14(2)6-7-15-10-16(11-19(27)25(15)30-5)18-13-31-21-12-20-17(8-9-26(3,4)32-20)23(28)22(21)24(18)29/h6-12,18,27-28H,1,13H2,2-5H3/b7-6+. The number of carbonyl (C=O) groups excluding carboxylic acids is 1. The number of aromatic hydroxyl groups is 2. The fourth-order valence-electron chi connectivity index (χ4n) is 3.94. The van der Waals surface area contributed by atoms with Gasteiger partial charge in [0, 0.05) is 11.6 Å². The Balaban J connectivity index is 1.77. The second kappa shape index (κ2) is 7.79. The minimum absolute atomic E-state index is 0.0682. The number of rotatable bonds is 4. The lowest BCUT2D eigenvalue weighted by molar-refractivity contribution is 0.0890. The molecule has 2 aromatic carbocycles. The Morgan fingerprint density at radius 3 is 2.69 bits per heavy atom. The molecule has 2 aromatic rings. The Kier molecular flexibility index (Phi) is 5.25. The molecule has 4 rings (SSSR count). The minimum Gasteiger partial charge on any atom is -0.506 e. The zero-order chi connectivity index (χ0) is 23.2. The van der Waals surface area contributed by atoms with Crippen LogP contribution in [0.2, 0.25) is 0 Å². The zero-order valence-corrected chi connectivity index (χ0v) is 18.6. The van der Waals surface area contributed by atoms with E-state index >= 15 is 0 Å². The maximum atomic E-state index is 13.4. The molecule has 2 aliphatic heterocycles. The number of hydrogen-bond acceptors (Lipinski definition) is 6. The summed E-state index contributed by atoms with van der Waals surface area (Å²) in [7, 11) is 1.47. The molecule has 0 aliphatic carbocycles. The highest BCUT2D eigenvalue weighted by Gasteiger charge is 2.37. The number of phenols is 2. The van der Waals surface area contributed by atoms with E-state index < -0.39 is 11.5 Å². The van der Waals surface area contributed by atoms with Gasteiger partial charge in [0.2, 0.25) is 0 Å². The molecule has 6 nitrogen and oxygen atoms in total. The predicted molar refractivity (Wildman–Crippen MR) is 123 cm³/mol. The molecule has 166 valence electrons. The first-order chi connectivity index (χ1) is 15.1. The molecular weight excluding hydrogens is 408 g/mol. The van der Waals surface area contributed by atoms with Crippen LogP contribution in [0.5, 0.6) is 28.7 Å². The predicted octanol–water partition coefficient (Wildman–Crippen LogP) is 5.24. The summed E-state index contributed by atoms with van der Waals surface area (Å²) in [4.78, 5) is 13.4. The van der Waals surface area contributed by atoms with Gasteiger partial charge in [-0.15, -0.1) is 0 Å². The molecule has 32 heavy (non-hydrogen) atoms. The lowest BCUT2D eigenvalue weighted by Crippen LogP contribution is -2.29. The van der Waals surface area contributed by atoms with Crippen LogP contribution >= 0.6 is 0 Å². The summed E-state index contributed by atoms with van der Waals surface area (Å²) in [5.41, 5.74) is 2.04. The van der Waals surface area contributed by atoms with E-state index in [0.717, 1.165) is 5.57 Å². The van der Waals surface area contributed by atoms with Gasteiger partial charge >= 0.3 is 0 Å². The highest BCUT2D eigenvalue weighted by Crippen LogP contribution is 2.47. The van der Waals surface area contributed by atoms with Crippen LogP contribution in [-0.2, 0) is 0 Å². The normalized spacial score (nSPS) is 18.5. The third kappa shape index (κ3) is 3.73. The van der Waals surface area contributed by atoms with Crippen LogP contribution in [0.3, 0.4) is 0 Å². The summed E-state index contributed by atoms with van der Waals surface area (Å²) in [6.07, 6.45) is 7.14. The fourth-order valence-corrected chi connectivity index (χ4v) is 3.94. The van der Waals surface area contributed by atoms with E-state index in [1.807, 2.05) is 26.8 Å². The van der Waals surface area contributed by atoms with Crippen LogP contribution in [-0.4, -0.2) is 35.3 Å². The first-order valence-corrected chi connectivity index (χ1v) is 10.3. The number of ether oxygens (including phenoxy) is 3. The number of phenolic OH excluding ortho intramolecular Hbond substituents is 2. The molecule has 2 heterocycles. The highest BCUT2D eigenvalue weighted by atomic mass is 16.5. The van der Waals surface area contributed by atoms with Crippen LogP contribution in [0.15, 0.2) is 42.5 Å². The molecule has 0 saturated carbocycles. The lowest BCUT2D eigenvalue weighted by atomic mass is 9.86. The molecule has 0 saturated heterocycles. The van der Waals surface area contributed by atoms with Gasteiger partial charge in [-0.1, -0.05) is 24.3 Å². The molecule has 2 N–H and O–H groups in total. The van der Waals surface area contributed by atoms with Gasteiger partial charge in [0.1, 0.15) is 35.0 Å². The Labute approximate surface area is 187 Å². The van der Waals surface area contributed by atoms with Crippen molar-refractivity contribution in [3.8, 4) is 28.7 Å². The summed E-state index contributed by atoms with van der Waals surface area (Å²) in [5.74, 6) is -0.188. The van der Waals surface area contributed by atoms with Gasteiger partial charge in [0.25, 0.3) is 0 Å². The minimum atomic E-state index is -0.704. The van der Waals surface area contributed by atoms with Crippen molar-refractivity contribution in [3.05, 3.63) is 64.8 Å².